The molecule has 0 saturated heterocycles. The Kier molecular flexibility index (Phi) is 3.96. The van der Waals surface area contributed by atoms with Crippen LogP contribution < -0.4 is 5.32 Å². The molecule has 0 radical (unpaired) electrons. The minimum Gasteiger partial charge on any atom is -0.324 e. The van der Waals surface area contributed by atoms with Crippen molar-refractivity contribution in [3.8, 4) is 0 Å². The van der Waals surface area contributed by atoms with Crippen molar-refractivity contribution in [3.05, 3.63) is 28.2 Å². The maximum atomic E-state index is 11.3. The SMILES string of the molecule is Cc1ccc(NC(=O)[C@@H](C)Cl)c(Br)c1. The molecule has 0 bridgehead atoms. The quantitative estimate of drug-likeness (QED) is 0.825. The molecule has 1 rings (SSSR count). The molecule has 1 N–H and O–H groups in total. The van der Waals surface area contributed by atoms with E-state index in [2.05, 4.69) is 21.2 Å². The van der Waals surface area contributed by atoms with Gasteiger partial charge in [0.15, 0.2) is 0 Å². The molecular formula is C10H11BrClNO. The van der Waals surface area contributed by atoms with E-state index in [4.69, 9.17) is 11.6 Å². The van der Waals surface area contributed by atoms with Crippen LogP contribution in [0.2, 0.25) is 0 Å². The van der Waals surface area contributed by atoms with Crippen LogP contribution in [0.3, 0.4) is 0 Å². The predicted octanol–water partition coefficient (Wildman–Crippen LogP) is 3.32. The minimum atomic E-state index is -0.525. The van der Waals surface area contributed by atoms with Crippen molar-refractivity contribution in [1.82, 2.24) is 0 Å². The van der Waals surface area contributed by atoms with Crippen molar-refractivity contribution in [2.24, 2.45) is 0 Å². The van der Waals surface area contributed by atoms with Crippen LogP contribution in [0.1, 0.15) is 12.5 Å². The van der Waals surface area contributed by atoms with Crippen molar-refractivity contribution >= 4 is 39.1 Å². The molecule has 0 heterocycles. The van der Waals surface area contributed by atoms with E-state index in [9.17, 15) is 4.79 Å². The number of carbonyl (C=O) groups is 1. The number of anilines is 1. The van der Waals surface area contributed by atoms with Gasteiger partial charge in [0.05, 0.1) is 5.69 Å². The monoisotopic (exact) mass is 275 g/mol. The van der Waals surface area contributed by atoms with Crippen LogP contribution in [0.25, 0.3) is 0 Å². The first-order chi connectivity index (χ1) is 6.50. The van der Waals surface area contributed by atoms with E-state index in [1.807, 2.05) is 25.1 Å². The maximum Gasteiger partial charge on any atom is 0.242 e. The van der Waals surface area contributed by atoms with E-state index in [1.54, 1.807) is 6.92 Å². The second-order valence-corrected chi connectivity index (χ2v) is 4.60. The van der Waals surface area contributed by atoms with Gasteiger partial charge in [-0.3, -0.25) is 4.79 Å². The van der Waals surface area contributed by atoms with Crippen LogP contribution in [-0.4, -0.2) is 11.3 Å². The highest BCUT2D eigenvalue weighted by Gasteiger charge is 2.10. The topological polar surface area (TPSA) is 29.1 Å². The number of hydrogen-bond donors (Lipinski definition) is 1. The highest BCUT2D eigenvalue weighted by atomic mass is 79.9. The maximum absolute atomic E-state index is 11.3. The number of aryl methyl sites for hydroxylation is 1. The van der Waals surface area contributed by atoms with Crippen LogP contribution in [0.5, 0.6) is 0 Å². The van der Waals surface area contributed by atoms with E-state index < -0.39 is 5.38 Å². The van der Waals surface area contributed by atoms with Gasteiger partial charge in [0.25, 0.3) is 0 Å². The van der Waals surface area contributed by atoms with Crippen molar-refractivity contribution < 1.29 is 4.79 Å². The van der Waals surface area contributed by atoms with E-state index >= 15 is 0 Å². The van der Waals surface area contributed by atoms with E-state index in [1.165, 1.54) is 0 Å². The molecule has 76 valence electrons. The van der Waals surface area contributed by atoms with E-state index in [0.717, 1.165) is 15.7 Å². The number of halogens is 2. The third kappa shape index (κ3) is 3.00. The molecule has 0 spiro atoms. The summed E-state index contributed by atoms with van der Waals surface area (Å²) in [7, 11) is 0. The zero-order valence-corrected chi connectivity index (χ0v) is 10.3. The summed E-state index contributed by atoms with van der Waals surface area (Å²) in [6.07, 6.45) is 0. The lowest BCUT2D eigenvalue weighted by Gasteiger charge is -2.08. The van der Waals surface area contributed by atoms with Gasteiger partial charge in [0.1, 0.15) is 5.38 Å². The lowest BCUT2D eigenvalue weighted by atomic mass is 10.2. The molecule has 0 aliphatic carbocycles. The largest absolute Gasteiger partial charge is 0.324 e. The molecule has 0 unspecified atom stereocenters. The number of benzene rings is 1. The van der Waals surface area contributed by atoms with E-state index in [0.29, 0.717) is 0 Å². The van der Waals surface area contributed by atoms with Crippen LogP contribution in [-0.2, 0) is 4.79 Å². The molecule has 0 aromatic heterocycles. The average molecular weight is 277 g/mol. The zero-order chi connectivity index (χ0) is 10.7. The number of rotatable bonds is 2. The van der Waals surface area contributed by atoms with Gasteiger partial charge in [-0.15, -0.1) is 11.6 Å². The van der Waals surface area contributed by atoms with Gasteiger partial charge in [-0.25, -0.2) is 0 Å². The number of alkyl halides is 1. The Balaban J connectivity index is 2.82. The molecule has 1 aromatic carbocycles. The van der Waals surface area contributed by atoms with Crippen LogP contribution in [0.15, 0.2) is 22.7 Å². The highest BCUT2D eigenvalue weighted by molar-refractivity contribution is 9.10. The van der Waals surface area contributed by atoms with Crippen molar-refractivity contribution in [2.75, 3.05) is 5.32 Å². The Morgan fingerprint density at radius 2 is 2.21 bits per heavy atom. The Hall–Kier alpha value is -0.540. The number of hydrogen-bond acceptors (Lipinski definition) is 1. The standard InChI is InChI=1S/C10H11BrClNO/c1-6-3-4-9(8(11)5-6)13-10(14)7(2)12/h3-5,7H,1-2H3,(H,13,14)/t7-/m1/s1. The van der Waals surface area contributed by atoms with Gasteiger partial charge in [-0.1, -0.05) is 6.07 Å². The summed E-state index contributed by atoms with van der Waals surface area (Å²) in [5.41, 5.74) is 1.88. The molecule has 4 heteroatoms. The van der Waals surface area contributed by atoms with Crippen molar-refractivity contribution in [3.63, 3.8) is 0 Å². The summed E-state index contributed by atoms with van der Waals surface area (Å²) in [5.74, 6) is -0.198. The molecular weight excluding hydrogens is 265 g/mol. The second-order valence-electron chi connectivity index (χ2n) is 3.09. The fourth-order valence-corrected chi connectivity index (χ4v) is 1.60. The average Bonchev–Trinajstić information content (AvgIpc) is 2.09. The van der Waals surface area contributed by atoms with Crippen LogP contribution in [0, 0.1) is 6.92 Å². The summed E-state index contributed by atoms with van der Waals surface area (Å²) in [5, 5.41) is 2.19. The zero-order valence-electron chi connectivity index (χ0n) is 7.97. The molecule has 0 aliphatic heterocycles. The predicted molar refractivity (Wildman–Crippen MR) is 62.8 cm³/mol. The molecule has 0 aliphatic rings. The van der Waals surface area contributed by atoms with Crippen molar-refractivity contribution in [2.45, 2.75) is 19.2 Å². The molecule has 14 heavy (non-hydrogen) atoms. The van der Waals surface area contributed by atoms with Gasteiger partial charge >= 0.3 is 0 Å². The van der Waals surface area contributed by atoms with Gasteiger partial charge in [-0.05, 0) is 47.5 Å². The molecule has 1 atom stereocenters. The number of amides is 1. The lowest BCUT2D eigenvalue weighted by molar-refractivity contribution is -0.115. The Morgan fingerprint density at radius 1 is 1.57 bits per heavy atom. The first kappa shape index (κ1) is 11.5. The molecule has 2 nitrogen and oxygen atoms in total. The summed E-state index contributed by atoms with van der Waals surface area (Å²) < 4.78 is 0.864. The summed E-state index contributed by atoms with van der Waals surface area (Å²) in [6, 6.07) is 5.71. The third-order valence-electron chi connectivity index (χ3n) is 1.74. The van der Waals surface area contributed by atoms with Gasteiger partial charge in [-0.2, -0.15) is 0 Å². The molecule has 0 fully saturated rings. The Labute approximate surface area is 96.8 Å². The molecule has 1 amide bonds. The summed E-state index contributed by atoms with van der Waals surface area (Å²) in [4.78, 5) is 11.3. The molecule has 1 aromatic rings. The lowest BCUT2D eigenvalue weighted by Crippen LogP contribution is -2.20. The van der Waals surface area contributed by atoms with Gasteiger partial charge < -0.3 is 5.32 Å². The molecule has 0 saturated carbocycles. The number of carbonyl (C=O) groups excluding carboxylic acids is 1. The highest BCUT2D eigenvalue weighted by Crippen LogP contribution is 2.23. The fourth-order valence-electron chi connectivity index (χ4n) is 0.954. The van der Waals surface area contributed by atoms with Crippen molar-refractivity contribution in [1.29, 1.82) is 0 Å². The normalized spacial score (nSPS) is 12.3. The third-order valence-corrected chi connectivity index (χ3v) is 2.60. The second kappa shape index (κ2) is 4.80. The van der Waals surface area contributed by atoms with Crippen LogP contribution >= 0.6 is 27.5 Å². The van der Waals surface area contributed by atoms with Gasteiger partial charge in [0, 0.05) is 4.47 Å². The summed E-state index contributed by atoms with van der Waals surface area (Å²) >= 11 is 9.00. The smallest absolute Gasteiger partial charge is 0.242 e. The summed E-state index contributed by atoms with van der Waals surface area (Å²) in [6.45, 7) is 3.62. The number of nitrogens with one attached hydrogen (secondary N) is 1. The Morgan fingerprint density at radius 3 is 2.71 bits per heavy atom. The minimum absolute atomic E-state index is 0.198. The van der Waals surface area contributed by atoms with Crippen LogP contribution in [0.4, 0.5) is 5.69 Å². The first-order valence-corrected chi connectivity index (χ1v) is 5.44. The van der Waals surface area contributed by atoms with Gasteiger partial charge in [0.2, 0.25) is 5.91 Å². The first-order valence-electron chi connectivity index (χ1n) is 4.22. The Bertz CT molecular complexity index is 352. The fraction of sp³-hybridized carbons (Fsp3) is 0.300. The van der Waals surface area contributed by atoms with E-state index in [-0.39, 0.29) is 5.91 Å².